The summed E-state index contributed by atoms with van der Waals surface area (Å²) in [6, 6.07) is 4.45. The van der Waals surface area contributed by atoms with Gasteiger partial charge < -0.3 is 10.2 Å². The molecule has 1 fully saturated rings. The van der Waals surface area contributed by atoms with Crippen molar-refractivity contribution in [2.45, 2.75) is 45.2 Å². The first-order chi connectivity index (χ1) is 7.68. The van der Waals surface area contributed by atoms with E-state index >= 15 is 0 Å². The Hall–Kier alpha value is -0.800. The van der Waals surface area contributed by atoms with Gasteiger partial charge in [-0.25, -0.2) is 0 Å². The summed E-state index contributed by atoms with van der Waals surface area (Å²) in [7, 11) is 0. The molecule has 0 spiro atoms. The van der Waals surface area contributed by atoms with Crippen molar-refractivity contribution in [1.29, 1.82) is 0 Å². The van der Waals surface area contributed by atoms with E-state index in [0.29, 0.717) is 0 Å². The Labute approximate surface area is 97.6 Å². The lowest BCUT2D eigenvalue weighted by Crippen LogP contribution is -2.42. The summed E-state index contributed by atoms with van der Waals surface area (Å²) in [5, 5.41) is 0. The van der Waals surface area contributed by atoms with Crippen LogP contribution in [0.5, 0.6) is 0 Å². The Bertz CT molecular complexity index is 326. The zero-order valence-electron chi connectivity index (χ0n) is 10.3. The maximum Gasteiger partial charge on any atom is 0.122 e. The van der Waals surface area contributed by atoms with Gasteiger partial charge >= 0.3 is 0 Å². The summed E-state index contributed by atoms with van der Waals surface area (Å²) in [6.07, 6.45) is 3.91. The SMILES string of the molecule is Cc1ccc(C(C(C)N)N2CCCCC2)o1. The minimum absolute atomic E-state index is 0.114. The third-order valence-corrected chi connectivity index (χ3v) is 3.33. The molecule has 1 aliphatic rings. The van der Waals surface area contributed by atoms with E-state index in [4.69, 9.17) is 10.2 Å². The highest BCUT2D eigenvalue weighted by Crippen LogP contribution is 2.28. The van der Waals surface area contributed by atoms with E-state index in [1.165, 1.54) is 19.3 Å². The van der Waals surface area contributed by atoms with Crippen LogP contribution in [0.3, 0.4) is 0 Å². The van der Waals surface area contributed by atoms with Crippen LogP contribution >= 0.6 is 0 Å². The minimum Gasteiger partial charge on any atom is -0.465 e. The highest BCUT2D eigenvalue weighted by atomic mass is 16.3. The summed E-state index contributed by atoms with van der Waals surface area (Å²) >= 11 is 0. The molecule has 0 amide bonds. The van der Waals surface area contributed by atoms with E-state index in [-0.39, 0.29) is 12.1 Å². The van der Waals surface area contributed by atoms with Crippen LogP contribution in [0.4, 0.5) is 0 Å². The van der Waals surface area contributed by atoms with Crippen LogP contribution in [-0.2, 0) is 0 Å². The number of nitrogens with two attached hydrogens (primary N) is 1. The third-order valence-electron chi connectivity index (χ3n) is 3.33. The van der Waals surface area contributed by atoms with Gasteiger partial charge in [-0.05, 0) is 51.9 Å². The van der Waals surface area contributed by atoms with Crippen molar-refractivity contribution in [1.82, 2.24) is 4.90 Å². The first-order valence-corrected chi connectivity index (χ1v) is 6.24. The molecule has 3 nitrogen and oxygen atoms in total. The van der Waals surface area contributed by atoms with Crippen molar-refractivity contribution < 1.29 is 4.42 Å². The van der Waals surface area contributed by atoms with E-state index < -0.39 is 0 Å². The summed E-state index contributed by atoms with van der Waals surface area (Å²) in [5.41, 5.74) is 6.11. The molecule has 2 heterocycles. The quantitative estimate of drug-likeness (QED) is 0.854. The molecule has 16 heavy (non-hydrogen) atoms. The Balaban J connectivity index is 2.16. The van der Waals surface area contributed by atoms with E-state index in [0.717, 1.165) is 24.6 Å². The summed E-state index contributed by atoms with van der Waals surface area (Å²) in [5.74, 6) is 1.99. The fourth-order valence-corrected chi connectivity index (χ4v) is 2.58. The molecule has 1 aromatic heterocycles. The molecule has 2 unspecified atom stereocenters. The van der Waals surface area contributed by atoms with Gasteiger partial charge in [-0.15, -0.1) is 0 Å². The van der Waals surface area contributed by atoms with Gasteiger partial charge in [0, 0.05) is 6.04 Å². The second kappa shape index (κ2) is 5.02. The highest BCUT2D eigenvalue weighted by molar-refractivity contribution is 5.12. The molecule has 0 radical (unpaired) electrons. The number of hydrogen-bond acceptors (Lipinski definition) is 3. The molecular weight excluding hydrogens is 200 g/mol. The van der Waals surface area contributed by atoms with Gasteiger partial charge in [0.05, 0.1) is 6.04 Å². The lowest BCUT2D eigenvalue weighted by molar-refractivity contribution is 0.128. The van der Waals surface area contributed by atoms with Crippen molar-refractivity contribution in [3.8, 4) is 0 Å². The topological polar surface area (TPSA) is 42.4 Å². The van der Waals surface area contributed by atoms with Gasteiger partial charge in [-0.1, -0.05) is 6.42 Å². The fraction of sp³-hybridized carbons (Fsp3) is 0.692. The summed E-state index contributed by atoms with van der Waals surface area (Å²) in [4.78, 5) is 2.46. The van der Waals surface area contributed by atoms with Crippen molar-refractivity contribution in [3.05, 3.63) is 23.7 Å². The van der Waals surface area contributed by atoms with Crippen molar-refractivity contribution in [3.63, 3.8) is 0 Å². The number of hydrogen-bond donors (Lipinski definition) is 1. The second-order valence-electron chi connectivity index (χ2n) is 4.85. The number of rotatable bonds is 3. The summed E-state index contributed by atoms with van der Waals surface area (Å²) < 4.78 is 5.74. The van der Waals surface area contributed by atoms with Crippen LogP contribution in [0.15, 0.2) is 16.5 Å². The first-order valence-electron chi connectivity index (χ1n) is 6.24. The normalized spacial score (nSPS) is 21.9. The Kier molecular flexibility index (Phi) is 3.66. The molecule has 3 heteroatoms. The molecule has 1 saturated heterocycles. The summed E-state index contributed by atoms with van der Waals surface area (Å²) in [6.45, 7) is 6.34. The molecule has 0 saturated carbocycles. The zero-order valence-corrected chi connectivity index (χ0v) is 10.3. The zero-order chi connectivity index (χ0) is 11.5. The van der Waals surface area contributed by atoms with Crippen LogP contribution in [0, 0.1) is 6.92 Å². The number of piperidine rings is 1. The predicted octanol–water partition coefficient (Wildman–Crippen LogP) is 2.46. The number of furan rings is 1. The molecule has 0 aromatic carbocycles. The average Bonchev–Trinajstić information content (AvgIpc) is 2.66. The number of likely N-dealkylation sites (tertiary alicyclic amines) is 1. The molecule has 2 atom stereocenters. The maximum atomic E-state index is 6.11. The Morgan fingerprint density at radius 1 is 1.25 bits per heavy atom. The van der Waals surface area contributed by atoms with Crippen molar-refractivity contribution in [2.24, 2.45) is 5.73 Å². The van der Waals surface area contributed by atoms with Crippen molar-refractivity contribution in [2.75, 3.05) is 13.1 Å². The second-order valence-corrected chi connectivity index (χ2v) is 4.85. The highest BCUT2D eigenvalue weighted by Gasteiger charge is 2.27. The molecule has 90 valence electrons. The van der Waals surface area contributed by atoms with E-state index in [1.807, 2.05) is 13.0 Å². The van der Waals surface area contributed by atoms with Gasteiger partial charge in [0.2, 0.25) is 0 Å². The van der Waals surface area contributed by atoms with Gasteiger partial charge in [-0.3, -0.25) is 4.90 Å². The molecule has 0 aliphatic carbocycles. The largest absolute Gasteiger partial charge is 0.465 e. The maximum absolute atomic E-state index is 6.11. The molecular formula is C13H22N2O. The molecule has 1 aromatic rings. The van der Waals surface area contributed by atoms with Gasteiger partial charge in [0.15, 0.2) is 0 Å². The fourth-order valence-electron chi connectivity index (χ4n) is 2.58. The predicted molar refractivity (Wildman–Crippen MR) is 65.3 cm³/mol. The third kappa shape index (κ3) is 2.47. The lowest BCUT2D eigenvalue weighted by Gasteiger charge is -2.35. The molecule has 2 N–H and O–H groups in total. The van der Waals surface area contributed by atoms with Crippen LogP contribution in [0.25, 0.3) is 0 Å². The van der Waals surface area contributed by atoms with E-state index in [9.17, 15) is 0 Å². The van der Waals surface area contributed by atoms with Gasteiger partial charge in [0.1, 0.15) is 11.5 Å². The van der Waals surface area contributed by atoms with Crippen LogP contribution < -0.4 is 5.73 Å². The van der Waals surface area contributed by atoms with Crippen LogP contribution in [0.1, 0.15) is 43.7 Å². The lowest BCUT2D eigenvalue weighted by atomic mass is 10.0. The standard InChI is InChI=1S/C13H22N2O/c1-10-6-7-12(16-10)13(11(2)14)15-8-4-3-5-9-15/h6-7,11,13H,3-5,8-9,14H2,1-2H3. The average molecular weight is 222 g/mol. The number of nitrogens with zero attached hydrogens (tertiary/aromatic N) is 1. The van der Waals surface area contributed by atoms with Crippen LogP contribution in [0.2, 0.25) is 0 Å². The Morgan fingerprint density at radius 3 is 2.44 bits per heavy atom. The van der Waals surface area contributed by atoms with Gasteiger partial charge in [-0.2, -0.15) is 0 Å². The monoisotopic (exact) mass is 222 g/mol. The molecule has 1 aliphatic heterocycles. The Morgan fingerprint density at radius 2 is 1.94 bits per heavy atom. The first kappa shape index (κ1) is 11.7. The molecule has 2 rings (SSSR count). The van der Waals surface area contributed by atoms with Crippen molar-refractivity contribution >= 4 is 0 Å². The van der Waals surface area contributed by atoms with Crippen LogP contribution in [-0.4, -0.2) is 24.0 Å². The van der Waals surface area contributed by atoms with E-state index in [2.05, 4.69) is 17.9 Å². The van der Waals surface area contributed by atoms with E-state index in [1.54, 1.807) is 0 Å². The number of aryl methyl sites for hydroxylation is 1. The van der Waals surface area contributed by atoms with Gasteiger partial charge in [0.25, 0.3) is 0 Å². The smallest absolute Gasteiger partial charge is 0.122 e. The molecule has 0 bridgehead atoms. The minimum atomic E-state index is 0.114.